The minimum Gasteiger partial charge on any atom is -0.378 e. The quantitative estimate of drug-likeness (QED) is 0.406. The van der Waals surface area contributed by atoms with Gasteiger partial charge in [0.15, 0.2) is 11.5 Å². The lowest BCUT2D eigenvalue weighted by molar-refractivity contribution is -0.0660. The summed E-state index contributed by atoms with van der Waals surface area (Å²) in [6.45, 7) is 6.06. The summed E-state index contributed by atoms with van der Waals surface area (Å²) in [4.78, 5) is 17.8. The lowest BCUT2D eigenvalue weighted by atomic mass is 10.1. The van der Waals surface area contributed by atoms with Crippen molar-refractivity contribution in [2.24, 2.45) is 0 Å². The number of nitrogens with one attached hydrogen (secondary N) is 2. The SMILES string of the molecule is c1cn2cc(-c3ccc4cc[nH]c4c3)nc(Nc3ccc(N4CCN(C5COC5)CC4)cc3)c2n1. The molecule has 8 heteroatoms. The first-order valence-electron chi connectivity index (χ1n) is 12.2. The molecule has 2 N–H and O–H groups in total. The Kier molecular flexibility index (Phi) is 4.92. The van der Waals surface area contributed by atoms with Gasteiger partial charge in [0.05, 0.1) is 24.9 Å². The number of hydrogen-bond acceptors (Lipinski definition) is 6. The second-order valence-electron chi connectivity index (χ2n) is 9.30. The summed E-state index contributed by atoms with van der Waals surface area (Å²) >= 11 is 0. The molecule has 2 saturated heterocycles. The molecule has 0 spiro atoms. The van der Waals surface area contributed by atoms with Gasteiger partial charge in [0, 0.05) is 73.4 Å². The largest absolute Gasteiger partial charge is 0.378 e. The molecule has 3 aromatic heterocycles. The van der Waals surface area contributed by atoms with Gasteiger partial charge in [0.2, 0.25) is 0 Å². The molecule has 2 aromatic carbocycles. The van der Waals surface area contributed by atoms with Gasteiger partial charge in [0.25, 0.3) is 0 Å². The zero-order valence-corrected chi connectivity index (χ0v) is 19.4. The predicted octanol–water partition coefficient (Wildman–Crippen LogP) is 4.14. The molecule has 2 fully saturated rings. The van der Waals surface area contributed by atoms with E-state index in [0.717, 1.165) is 73.3 Å². The van der Waals surface area contributed by atoms with Crippen LogP contribution in [0.1, 0.15) is 0 Å². The number of ether oxygens (including phenoxy) is 1. The molecule has 0 aliphatic carbocycles. The highest BCUT2D eigenvalue weighted by atomic mass is 16.5. The number of aromatic nitrogens is 4. The molecule has 2 aliphatic heterocycles. The van der Waals surface area contributed by atoms with Crippen molar-refractivity contribution in [3.05, 3.63) is 73.3 Å². The van der Waals surface area contributed by atoms with Gasteiger partial charge in [-0.25, -0.2) is 9.97 Å². The summed E-state index contributed by atoms with van der Waals surface area (Å²) in [5, 5.41) is 4.69. The van der Waals surface area contributed by atoms with E-state index in [4.69, 9.17) is 9.72 Å². The number of piperazine rings is 1. The minimum absolute atomic E-state index is 0.622. The maximum absolute atomic E-state index is 5.35. The number of imidazole rings is 1. The first kappa shape index (κ1) is 20.5. The van der Waals surface area contributed by atoms with Crippen LogP contribution in [0.3, 0.4) is 0 Å². The first-order chi connectivity index (χ1) is 17.3. The molecule has 0 radical (unpaired) electrons. The fourth-order valence-corrected chi connectivity index (χ4v) is 5.03. The van der Waals surface area contributed by atoms with E-state index in [0.29, 0.717) is 6.04 Å². The standard InChI is InChI=1S/C27H27N7O/c1-2-20(15-24-19(1)7-8-28-24)25-16-34-10-9-29-27(34)26(31-25)30-21-3-5-22(6-4-21)32-11-13-33(14-12-32)23-17-35-18-23/h1-10,15-16,23,28H,11-14,17-18H2,(H,30,31). The number of H-pyrrole nitrogens is 1. The maximum Gasteiger partial charge on any atom is 0.180 e. The molecule has 5 heterocycles. The van der Waals surface area contributed by atoms with Crippen molar-refractivity contribution in [3.8, 4) is 11.3 Å². The summed E-state index contributed by atoms with van der Waals surface area (Å²) in [5.41, 5.74) is 6.10. The van der Waals surface area contributed by atoms with Crippen LogP contribution in [0.2, 0.25) is 0 Å². The summed E-state index contributed by atoms with van der Waals surface area (Å²) in [5.74, 6) is 0.739. The van der Waals surface area contributed by atoms with Gasteiger partial charge >= 0.3 is 0 Å². The highest BCUT2D eigenvalue weighted by Crippen LogP contribution is 2.28. The topological polar surface area (TPSA) is 73.7 Å². The Bertz CT molecular complexity index is 1480. The number of rotatable bonds is 5. The fraction of sp³-hybridized carbons (Fsp3) is 0.259. The van der Waals surface area contributed by atoms with E-state index in [1.54, 1.807) is 6.20 Å². The van der Waals surface area contributed by atoms with Crippen molar-refractivity contribution < 1.29 is 4.74 Å². The Hall–Kier alpha value is -3.88. The number of nitrogens with zero attached hydrogens (tertiary/aromatic N) is 5. The zero-order chi connectivity index (χ0) is 23.2. The average Bonchev–Trinajstić information content (AvgIpc) is 3.53. The van der Waals surface area contributed by atoms with Gasteiger partial charge in [-0.15, -0.1) is 0 Å². The summed E-state index contributed by atoms with van der Waals surface area (Å²) in [6, 6.07) is 17.7. The second-order valence-corrected chi connectivity index (χ2v) is 9.30. The second kappa shape index (κ2) is 8.41. The average molecular weight is 466 g/mol. The lowest BCUT2D eigenvalue weighted by Gasteiger charge is -2.43. The van der Waals surface area contributed by atoms with E-state index in [1.807, 2.05) is 23.0 Å². The molecule has 5 aromatic rings. The van der Waals surface area contributed by atoms with Crippen LogP contribution >= 0.6 is 0 Å². The number of hydrogen-bond donors (Lipinski definition) is 2. The first-order valence-corrected chi connectivity index (χ1v) is 12.2. The normalized spacial score (nSPS) is 17.2. The Morgan fingerprint density at radius 1 is 0.971 bits per heavy atom. The molecule has 0 atom stereocenters. The van der Waals surface area contributed by atoms with E-state index in [2.05, 4.69) is 73.6 Å². The van der Waals surface area contributed by atoms with Crippen LogP contribution in [0.15, 0.2) is 73.3 Å². The van der Waals surface area contributed by atoms with Crippen molar-refractivity contribution >= 4 is 33.7 Å². The van der Waals surface area contributed by atoms with Crippen LogP contribution in [0.5, 0.6) is 0 Å². The van der Waals surface area contributed by atoms with E-state index in [9.17, 15) is 0 Å². The van der Waals surface area contributed by atoms with E-state index >= 15 is 0 Å². The number of fused-ring (bicyclic) bond motifs is 2. The Morgan fingerprint density at radius 2 is 1.83 bits per heavy atom. The third-order valence-electron chi connectivity index (χ3n) is 7.17. The Balaban J connectivity index is 1.12. The molecule has 176 valence electrons. The van der Waals surface area contributed by atoms with Gasteiger partial charge in [-0.05, 0) is 41.8 Å². The van der Waals surface area contributed by atoms with Crippen LogP contribution in [0.25, 0.3) is 27.8 Å². The molecule has 0 amide bonds. The van der Waals surface area contributed by atoms with Gasteiger partial charge < -0.3 is 24.3 Å². The third kappa shape index (κ3) is 3.80. The third-order valence-corrected chi connectivity index (χ3v) is 7.17. The molecule has 8 nitrogen and oxygen atoms in total. The maximum atomic E-state index is 5.35. The van der Waals surface area contributed by atoms with Gasteiger partial charge in [-0.3, -0.25) is 4.90 Å². The van der Waals surface area contributed by atoms with Gasteiger partial charge in [0.1, 0.15) is 0 Å². The monoisotopic (exact) mass is 465 g/mol. The summed E-state index contributed by atoms with van der Waals surface area (Å²) in [7, 11) is 0. The van der Waals surface area contributed by atoms with Crippen LogP contribution in [-0.2, 0) is 4.74 Å². The molecule has 0 saturated carbocycles. The fourth-order valence-electron chi connectivity index (χ4n) is 5.03. The van der Waals surface area contributed by atoms with Gasteiger partial charge in [-0.2, -0.15) is 0 Å². The molecular weight excluding hydrogens is 438 g/mol. The molecule has 0 unspecified atom stereocenters. The molecule has 35 heavy (non-hydrogen) atoms. The van der Waals surface area contributed by atoms with Crippen molar-refractivity contribution in [2.75, 3.05) is 49.6 Å². The molecule has 0 bridgehead atoms. The van der Waals surface area contributed by atoms with Crippen LogP contribution < -0.4 is 10.2 Å². The van der Waals surface area contributed by atoms with E-state index < -0.39 is 0 Å². The van der Waals surface area contributed by atoms with Gasteiger partial charge in [-0.1, -0.05) is 12.1 Å². The smallest absolute Gasteiger partial charge is 0.180 e. The van der Waals surface area contributed by atoms with Crippen molar-refractivity contribution in [1.29, 1.82) is 0 Å². The Morgan fingerprint density at radius 3 is 2.63 bits per heavy atom. The van der Waals surface area contributed by atoms with Crippen molar-refractivity contribution in [1.82, 2.24) is 24.3 Å². The minimum atomic E-state index is 0.622. The zero-order valence-electron chi connectivity index (χ0n) is 19.4. The van der Waals surface area contributed by atoms with Crippen LogP contribution in [0, 0.1) is 0 Å². The number of aromatic amines is 1. The molecule has 7 rings (SSSR count). The van der Waals surface area contributed by atoms with Crippen LogP contribution in [-0.4, -0.2) is 69.7 Å². The van der Waals surface area contributed by atoms with Crippen molar-refractivity contribution in [2.45, 2.75) is 6.04 Å². The van der Waals surface area contributed by atoms with Crippen LogP contribution in [0.4, 0.5) is 17.2 Å². The highest BCUT2D eigenvalue weighted by molar-refractivity contribution is 5.85. The summed E-state index contributed by atoms with van der Waals surface area (Å²) < 4.78 is 7.37. The number of anilines is 3. The van der Waals surface area contributed by atoms with Crippen molar-refractivity contribution in [3.63, 3.8) is 0 Å². The molecular formula is C27H27N7O. The lowest BCUT2D eigenvalue weighted by Crippen LogP contribution is -2.56. The van der Waals surface area contributed by atoms with E-state index in [-0.39, 0.29) is 0 Å². The molecule has 2 aliphatic rings. The highest BCUT2D eigenvalue weighted by Gasteiger charge is 2.28. The summed E-state index contributed by atoms with van der Waals surface area (Å²) in [6.07, 6.45) is 7.74. The predicted molar refractivity (Wildman–Crippen MR) is 138 cm³/mol. The van der Waals surface area contributed by atoms with E-state index in [1.165, 1.54) is 11.1 Å². The Labute approximate surface area is 203 Å². The number of benzene rings is 2.